The summed E-state index contributed by atoms with van der Waals surface area (Å²) in [4.78, 5) is 38.1. The number of rotatable bonds is 57. The van der Waals surface area contributed by atoms with Crippen LogP contribution in [-0.4, -0.2) is 37.2 Å². The van der Waals surface area contributed by atoms with Crippen LogP contribution in [0.4, 0.5) is 0 Å². The van der Waals surface area contributed by atoms with Crippen LogP contribution in [0.1, 0.15) is 323 Å². The second kappa shape index (κ2) is 60.7. The summed E-state index contributed by atoms with van der Waals surface area (Å²) in [6.07, 6.45) is 76.8. The van der Waals surface area contributed by atoms with Gasteiger partial charge in [-0.05, 0) is 64.2 Å². The van der Waals surface area contributed by atoms with Gasteiger partial charge in [-0.2, -0.15) is 0 Å². The van der Waals surface area contributed by atoms with Gasteiger partial charge in [0.25, 0.3) is 0 Å². The Morgan fingerprint density at radius 2 is 0.542 bits per heavy atom. The summed E-state index contributed by atoms with van der Waals surface area (Å²) in [6.45, 7) is 6.52. The van der Waals surface area contributed by atoms with E-state index in [1.165, 1.54) is 173 Å². The molecule has 0 aliphatic rings. The highest BCUT2D eigenvalue weighted by molar-refractivity contribution is 5.71. The summed E-state index contributed by atoms with van der Waals surface area (Å²) in [7, 11) is 0. The van der Waals surface area contributed by atoms with Gasteiger partial charge in [-0.3, -0.25) is 14.4 Å². The second-order valence-corrected chi connectivity index (χ2v) is 21.0. The van der Waals surface area contributed by atoms with E-state index in [-0.39, 0.29) is 31.1 Å². The normalized spacial score (nSPS) is 12.4. The minimum Gasteiger partial charge on any atom is -0.462 e. The van der Waals surface area contributed by atoms with Crippen LogP contribution in [0.15, 0.2) is 60.8 Å². The van der Waals surface area contributed by atoms with Gasteiger partial charge in [0, 0.05) is 19.3 Å². The van der Waals surface area contributed by atoms with Gasteiger partial charge in [0.15, 0.2) is 6.10 Å². The fraction of sp³-hybridized carbons (Fsp3) is 0.803. The number of unbranched alkanes of at least 4 members (excludes halogenated alkanes) is 36. The highest BCUT2D eigenvalue weighted by Crippen LogP contribution is 2.17. The van der Waals surface area contributed by atoms with Crippen molar-refractivity contribution in [1.29, 1.82) is 0 Å². The standard InChI is InChI=1S/C66H118O6/c1-4-7-10-13-16-19-21-23-25-27-29-31-32-33-34-36-37-39-41-43-45-47-50-53-56-59-65(68)71-62-63(61-70-64(67)58-55-52-49-18-15-12-9-6-3)72-66(69)60-57-54-51-48-46-44-42-40-38-35-30-28-26-24-22-20-17-14-11-8-5-2/h8,11,17,20,24,26,30,35,40,42,63H,4-7,9-10,12-16,18-19,21-23,25,27-29,31-34,36-39,41,43-62H2,1-3H3/b11-8-,20-17-,26-24-,35-30-,42-40-. The molecule has 418 valence electrons. The van der Waals surface area contributed by atoms with Crippen molar-refractivity contribution in [3.05, 3.63) is 60.8 Å². The van der Waals surface area contributed by atoms with Crippen molar-refractivity contribution in [3.63, 3.8) is 0 Å². The molecule has 0 aromatic carbocycles. The predicted octanol–water partition coefficient (Wildman–Crippen LogP) is 21.2. The zero-order valence-corrected chi connectivity index (χ0v) is 47.9. The molecule has 0 saturated carbocycles. The summed E-state index contributed by atoms with van der Waals surface area (Å²) >= 11 is 0. The van der Waals surface area contributed by atoms with Gasteiger partial charge in [-0.1, -0.05) is 300 Å². The molecule has 1 unspecified atom stereocenters. The Hall–Kier alpha value is -2.89. The van der Waals surface area contributed by atoms with Crippen LogP contribution < -0.4 is 0 Å². The zero-order valence-electron chi connectivity index (χ0n) is 47.9. The van der Waals surface area contributed by atoms with Crippen molar-refractivity contribution in [3.8, 4) is 0 Å². The van der Waals surface area contributed by atoms with Gasteiger partial charge in [-0.25, -0.2) is 0 Å². The summed E-state index contributed by atoms with van der Waals surface area (Å²) in [6, 6.07) is 0. The topological polar surface area (TPSA) is 78.9 Å². The molecule has 0 radical (unpaired) electrons. The number of allylic oxidation sites excluding steroid dienone is 10. The average molecular weight is 1010 g/mol. The first-order valence-corrected chi connectivity index (χ1v) is 31.3. The zero-order chi connectivity index (χ0) is 52.2. The van der Waals surface area contributed by atoms with E-state index in [2.05, 4.69) is 81.5 Å². The minimum absolute atomic E-state index is 0.0785. The fourth-order valence-corrected chi connectivity index (χ4v) is 9.12. The molecular weight excluding hydrogens is 889 g/mol. The average Bonchev–Trinajstić information content (AvgIpc) is 3.38. The Balaban J connectivity index is 4.18. The number of carbonyl (C=O) groups is 3. The van der Waals surface area contributed by atoms with Crippen LogP contribution in [-0.2, 0) is 28.6 Å². The lowest BCUT2D eigenvalue weighted by molar-refractivity contribution is -0.167. The molecule has 0 fully saturated rings. The Morgan fingerprint density at radius 3 is 0.847 bits per heavy atom. The van der Waals surface area contributed by atoms with Gasteiger partial charge in [0.05, 0.1) is 0 Å². The summed E-state index contributed by atoms with van der Waals surface area (Å²) in [5.74, 6) is -0.887. The molecule has 0 saturated heterocycles. The van der Waals surface area contributed by atoms with Crippen molar-refractivity contribution < 1.29 is 28.6 Å². The van der Waals surface area contributed by atoms with E-state index in [1.807, 2.05) is 0 Å². The molecule has 0 aliphatic carbocycles. The van der Waals surface area contributed by atoms with Crippen molar-refractivity contribution >= 4 is 17.9 Å². The lowest BCUT2D eigenvalue weighted by atomic mass is 10.0. The quantitative estimate of drug-likeness (QED) is 0.0261. The molecule has 0 bridgehead atoms. The Kier molecular flexibility index (Phi) is 58.2. The summed E-state index contributed by atoms with van der Waals surface area (Å²) in [5.41, 5.74) is 0. The van der Waals surface area contributed by atoms with Crippen molar-refractivity contribution in [2.75, 3.05) is 13.2 Å². The Labute approximate surface area is 447 Å². The lowest BCUT2D eigenvalue weighted by Gasteiger charge is -2.18. The van der Waals surface area contributed by atoms with Gasteiger partial charge in [-0.15, -0.1) is 0 Å². The summed E-state index contributed by atoms with van der Waals surface area (Å²) in [5, 5.41) is 0. The molecule has 0 rings (SSSR count). The maximum atomic E-state index is 12.8. The van der Waals surface area contributed by atoms with E-state index in [1.54, 1.807) is 0 Å². The first-order valence-electron chi connectivity index (χ1n) is 31.3. The largest absolute Gasteiger partial charge is 0.462 e. The molecule has 0 aromatic rings. The third kappa shape index (κ3) is 58.0. The van der Waals surface area contributed by atoms with E-state index in [0.717, 1.165) is 109 Å². The molecule has 6 nitrogen and oxygen atoms in total. The molecule has 0 spiro atoms. The fourth-order valence-electron chi connectivity index (χ4n) is 9.12. The number of hydrogen-bond acceptors (Lipinski definition) is 6. The van der Waals surface area contributed by atoms with Crippen LogP contribution in [0.3, 0.4) is 0 Å². The smallest absolute Gasteiger partial charge is 0.306 e. The molecule has 0 amide bonds. The van der Waals surface area contributed by atoms with Crippen molar-refractivity contribution in [1.82, 2.24) is 0 Å². The second-order valence-electron chi connectivity index (χ2n) is 21.0. The molecule has 6 heteroatoms. The van der Waals surface area contributed by atoms with Crippen LogP contribution in [0, 0.1) is 0 Å². The monoisotopic (exact) mass is 1010 g/mol. The SMILES string of the molecule is CC/C=C\C/C=C\C/C=C\C/C=C\C/C=C\CCCCCCCC(=O)OC(COC(=O)CCCCCCCCCC)COC(=O)CCCCCCCCCCCCCCCCCCCCCCCCCCC. The highest BCUT2D eigenvalue weighted by atomic mass is 16.6. The highest BCUT2D eigenvalue weighted by Gasteiger charge is 2.19. The van der Waals surface area contributed by atoms with E-state index in [0.29, 0.717) is 19.3 Å². The molecule has 0 aromatic heterocycles. The van der Waals surface area contributed by atoms with Crippen LogP contribution in [0.5, 0.6) is 0 Å². The van der Waals surface area contributed by atoms with E-state index >= 15 is 0 Å². The Bertz CT molecular complexity index is 1290. The molecule has 72 heavy (non-hydrogen) atoms. The molecule has 1 atom stereocenters. The molecule has 0 aliphatic heterocycles. The van der Waals surface area contributed by atoms with E-state index < -0.39 is 6.10 Å². The van der Waals surface area contributed by atoms with Gasteiger partial charge >= 0.3 is 17.9 Å². The maximum absolute atomic E-state index is 12.8. The van der Waals surface area contributed by atoms with Crippen LogP contribution >= 0.6 is 0 Å². The maximum Gasteiger partial charge on any atom is 0.306 e. The molecule has 0 heterocycles. The van der Waals surface area contributed by atoms with Gasteiger partial charge in [0.2, 0.25) is 0 Å². The number of ether oxygens (including phenoxy) is 3. The van der Waals surface area contributed by atoms with Gasteiger partial charge < -0.3 is 14.2 Å². The van der Waals surface area contributed by atoms with Crippen molar-refractivity contribution in [2.45, 2.75) is 329 Å². The van der Waals surface area contributed by atoms with Gasteiger partial charge in [0.1, 0.15) is 13.2 Å². The number of hydrogen-bond donors (Lipinski definition) is 0. The van der Waals surface area contributed by atoms with E-state index in [4.69, 9.17) is 14.2 Å². The first-order chi connectivity index (χ1) is 35.5. The van der Waals surface area contributed by atoms with E-state index in [9.17, 15) is 14.4 Å². The number of esters is 3. The lowest BCUT2D eigenvalue weighted by Crippen LogP contribution is -2.30. The minimum atomic E-state index is -0.781. The molecular formula is C66H118O6. The molecule has 0 N–H and O–H groups in total. The Morgan fingerprint density at radius 1 is 0.292 bits per heavy atom. The van der Waals surface area contributed by atoms with Crippen LogP contribution in [0.25, 0.3) is 0 Å². The first kappa shape index (κ1) is 69.1. The predicted molar refractivity (Wildman–Crippen MR) is 312 cm³/mol. The third-order valence-electron chi connectivity index (χ3n) is 13.8. The van der Waals surface area contributed by atoms with Crippen LogP contribution in [0.2, 0.25) is 0 Å². The number of carbonyl (C=O) groups excluding carboxylic acids is 3. The third-order valence-corrected chi connectivity index (χ3v) is 13.8. The summed E-state index contributed by atoms with van der Waals surface area (Å²) < 4.78 is 16.8. The van der Waals surface area contributed by atoms with Crippen molar-refractivity contribution in [2.24, 2.45) is 0 Å².